The van der Waals surface area contributed by atoms with Gasteiger partial charge in [0.2, 0.25) is 0 Å². The Labute approximate surface area is 544 Å². The van der Waals surface area contributed by atoms with E-state index in [4.69, 9.17) is 31.9 Å². The van der Waals surface area contributed by atoms with E-state index in [9.17, 15) is 0 Å². The van der Waals surface area contributed by atoms with Crippen molar-refractivity contribution >= 4 is 163 Å². The van der Waals surface area contributed by atoms with Crippen LogP contribution in [-0.2, 0) is 25.7 Å². The molecule has 11 heteroatoms. The normalized spacial score (nSPS) is 12.2. The zero-order chi connectivity index (χ0) is 58.7. The molecule has 0 saturated heterocycles. The minimum atomic E-state index is 0.872. The third-order valence-electron chi connectivity index (χ3n) is 15.7. The first-order valence-electron chi connectivity index (χ1n) is 31.0. The Hall–Kier alpha value is -4.78. The third kappa shape index (κ3) is 17.5. The molecule has 0 bridgehead atoms. The van der Waals surface area contributed by atoms with E-state index in [0.29, 0.717) is 0 Å². The fraction of sp³-hybridized carbons (Fsp3) is 0.324. The molecule has 0 saturated carbocycles. The van der Waals surface area contributed by atoms with E-state index in [0.717, 1.165) is 56.5 Å². The largest absolute Gasteiger partial charge is 0.172 e. The molecule has 2 nitrogen and oxygen atoms in total. The summed E-state index contributed by atoms with van der Waals surface area (Å²) in [6.45, 7) is 9.11. The number of fused-ring (bicyclic) bond motifs is 1. The molecule has 10 rings (SSSR count). The van der Waals surface area contributed by atoms with E-state index in [-0.39, 0.29) is 0 Å². The lowest BCUT2D eigenvalue weighted by Crippen LogP contribution is -1.85. The summed E-state index contributed by atoms with van der Waals surface area (Å²) in [4.78, 5) is 12.9. The smallest absolute Gasteiger partial charge is 0.114 e. The van der Waals surface area contributed by atoms with Crippen LogP contribution >= 0.6 is 103 Å². The highest BCUT2D eigenvalue weighted by molar-refractivity contribution is 7.25. The van der Waals surface area contributed by atoms with Crippen LogP contribution in [0.25, 0.3) is 100 Å². The van der Waals surface area contributed by atoms with Gasteiger partial charge in [-0.05, 0) is 169 Å². The maximum absolute atomic E-state index is 6.49. The van der Waals surface area contributed by atoms with E-state index in [1.54, 1.807) is 22.7 Å². The highest BCUT2D eigenvalue weighted by Crippen LogP contribution is 2.46. The monoisotopic (exact) mass is 1290 g/mol. The predicted molar refractivity (Wildman–Crippen MR) is 389 cm³/mol. The molecule has 440 valence electrons. The topological polar surface area (TPSA) is 25.8 Å². The van der Waals surface area contributed by atoms with Gasteiger partial charge in [-0.15, -0.1) is 68.0 Å². The number of hydrogen-bond acceptors (Lipinski definition) is 9. The average molecular weight is 1290 g/mol. The predicted octanol–water partition coefficient (Wildman–Crippen LogP) is 27.2. The van der Waals surface area contributed by atoms with Gasteiger partial charge in [0.1, 0.15) is 11.0 Å². The van der Waals surface area contributed by atoms with E-state index < -0.39 is 0 Å². The molecule has 7 heterocycles. The molecule has 0 spiro atoms. The fourth-order valence-corrected chi connectivity index (χ4v) is 18.3. The SMILES string of the molecule is CCCCCCc1cc(Cl)sc1/C=C/c1ccc(/C=C/c2sc(-c3ccc(-c4ccc(-c5ccc(-c6cc(CCCCCC)c(/C=C/c7ccc(/C=C/c8sc(Cl)cc8CCCCCC)cc7)s6)s5)c5nsnc45)s3)cc2CCCCCC)cc1. The maximum atomic E-state index is 6.49. The first-order chi connectivity index (χ1) is 41.7. The Balaban J connectivity index is 0.826. The third-order valence-corrected chi connectivity index (χ3v) is 23.7. The van der Waals surface area contributed by atoms with Crippen LogP contribution in [-0.4, -0.2) is 8.75 Å². The van der Waals surface area contributed by atoms with Gasteiger partial charge in [-0.1, -0.05) is 213 Å². The lowest BCUT2D eigenvalue weighted by molar-refractivity contribution is 0.667. The van der Waals surface area contributed by atoms with Crippen LogP contribution in [0.2, 0.25) is 8.67 Å². The lowest BCUT2D eigenvalue weighted by atomic mass is 10.0. The minimum absolute atomic E-state index is 0.872. The van der Waals surface area contributed by atoms with Crippen LogP contribution in [0, 0.1) is 0 Å². The van der Waals surface area contributed by atoms with Gasteiger partial charge in [0, 0.05) is 59.9 Å². The van der Waals surface area contributed by atoms with E-state index >= 15 is 0 Å². The number of aromatic nitrogens is 2. The van der Waals surface area contributed by atoms with Crippen LogP contribution in [0.4, 0.5) is 0 Å². The molecule has 0 atom stereocenters. The van der Waals surface area contributed by atoms with Crippen molar-refractivity contribution in [3.8, 4) is 40.4 Å². The number of thiophene rings is 6. The van der Waals surface area contributed by atoms with Crippen molar-refractivity contribution in [1.29, 1.82) is 0 Å². The number of rotatable bonds is 32. The molecule has 3 aromatic carbocycles. The molecule has 0 unspecified atom stereocenters. The standard InChI is InChI=1S/C74H78Cl2N2S7/c1-5-9-13-17-21-55-47-69(79-61(55)39-33-51-25-29-53(30-26-51)35-41-63-57(49-71(75)83-63)23-19-15-11-7-3)67-45-43-65(81-67)59-37-38-60(74-73(59)77-85-78-74)66-44-46-68(82-66)70-48-56(22-18-14-10-6-2)62(80-70)40-34-52-27-31-54(32-28-52)36-42-64-58(50-72(76)84-64)24-20-16-12-8-4/h25-50H,5-24H2,1-4H3/b39-33+,40-34+,41-35+,42-36+. The van der Waals surface area contributed by atoms with Crippen LogP contribution in [0.1, 0.15) is 194 Å². The summed E-state index contributed by atoms with van der Waals surface area (Å²) in [6.07, 6.45) is 42.6. The molecule has 0 aliphatic heterocycles. The summed E-state index contributed by atoms with van der Waals surface area (Å²) >= 11 is 25.2. The van der Waals surface area contributed by atoms with Gasteiger partial charge in [0.15, 0.2) is 0 Å². The van der Waals surface area contributed by atoms with Gasteiger partial charge in [-0.3, -0.25) is 0 Å². The van der Waals surface area contributed by atoms with Crippen molar-refractivity contribution in [2.45, 2.75) is 156 Å². The number of benzene rings is 3. The average Bonchev–Trinajstić information content (AvgIpc) is 2.50. The maximum Gasteiger partial charge on any atom is 0.114 e. The van der Waals surface area contributed by atoms with Crippen molar-refractivity contribution in [2.24, 2.45) is 0 Å². The molecule has 0 N–H and O–H groups in total. The van der Waals surface area contributed by atoms with E-state index in [1.165, 1.54) is 208 Å². The molecular weight excluding hydrogens is 1210 g/mol. The van der Waals surface area contributed by atoms with Crippen molar-refractivity contribution in [1.82, 2.24) is 8.75 Å². The number of nitrogens with zero attached hydrogens (tertiary/aromatic N) is 2. The summed E-state index contributed by atoms with van der Waals surface area (Å²) in [5.41, 5.74) is 14.7. The second kappa shape index (κ2) is 32.4. The molecule has 10 aromatic rings. The van der Waals surface area contributed by atoms with Gasteiger partial charge in [-0.2, -0.15) is 8.75 Å². The molecule has 0 aliphatic carbocycles. The molecule has 85 heavy (non-hydrogen) atoms. The minimum Gasteiger partial charge on any atom is -0.172 e. The van der Waals surface area contributed by atoms with E-state index in [2.05, 4.69) is 185 Å². The number of unbranched alkanes of at least 4 members (excludes halogenated alkanes) is 12. The molecule has 0 aliphatic rings. The zero-order valence-corrected chi connectivity index (χ0v) is 56.9. The summed E-state index contributed by atoms with van der Waals surface area (Å²) in [6, 6.07) is 40.8. The van der Waals surface area contributed by atoms with Gasteiger partial charge >= 0.3 is 0 Å². The first-order valence-corrected chi connectivity index (χ1v) is 37.3. The molecule has 0 amide bonds. The number of hydrogen-bond donors (Lipinski definition) is 0. The van der Waals surface area contributed by atoms with Crippen molar-refractivity contribution in [3.63, 3.8) is 0 Å². The second-order valence-electron chi connectivity index (χ2n) is 22.2. The Morgan fingerprint density at radius 3 is 0.941 bits per heavy atom. The molecule has 0 fully saturated rings. The molecular formula is C74H78Cl2N2S7. The molecule has 7 aromatic heterocycles. The number of halogens is 2. The van der Waals surface area contributed by atoms with Gasteiger partial charge in [-0.25, -0.2) is 0 Å². The highest BCUT2D eigenvalue weighted by Gasteiger charge is 2.20. The highest BCUT2D eigenvalue weighted by atomic mass is 35.5. The summed E-state index contributed by atoms with van der Waals surface area (Å²) in [5.74, 6) is 0. The van der Waals surface area contributed by atoms with Crippen LogP contribution < -0.4 is 0 Å². The van der Waals surface area contributed by atoms with Gasteiger partial charge in [0.05, 0.1) is 20.4 Å². The Morgan fingerprint density at radius 1 is 0.306 bits per heavy atom. The van der Waals surface area contributed by atoms with Crippen molar-refractivity contribution in [3.05, 3.63) is 182 Å². The second-order valence-corrected chi connectivity index (χ2v) is 30.5. The zero-order valence-electron chi connectivity index (χ0n) is 49.7. The Kier molecular flexibility index (Phi) is 24.1. The fourth-order valence-electron chi connectivity index (χ4n) is 10.9. The van der Waals surface area contributed by atoms with Crippen LogP contribution in [0.5, 0.6) is 0 Å². The lowest BCUT2D eigenvalue weighted by Gasteiger charge is -2.03. The first kappa shape index (κ1) is 63.2. The summed E-state index contributed by atoms with van der Waals surface area (Å²) in [7, 11) is 0. The Morgan fingerprint density at radius 2 is 0.612 bits per heavy atom. The van der Waals surface area contributed by atoms with Crippen LogP contribution in [0.3, 0.4) is 0 Å². The molecule has 0 radical (unpaired) electrons. The van der Waals surface area contributed by atoms with Crippen LogP contribution in [0.15, 0.2) is 109 Å². The Bertz CT molecular complexity index is 3580. The van der Waals surface area contributed by atoms with Gasteiger partial charge < -0.3 is 0 Å². The van der Waals surface area contributed by atoms with E-state index in [1.807, 2.05) is 45.3 Å². The number of aryl methyl sites for hydroxylation is 4. The summed E-state index contributed by atoms with van der Waals surface area (Å²) in [5, 5.41) is 0. The van der Waals surface area contributed by atoms with Gasteiger partial charge in [0.25, 0.3) is 0 Å². The quantitative estimate of drug-likeness (QED) is 0.0393. The van der Waals surface area contributed by atoms with Crippen molar-refractivity contribution < 1.29 is 0 Å². The van der Waals surface area contributed by atoms with Crippen molar-refractivity contribution in [2.75, 3.05) is 0 Å². The summed E-state index contributed by atoms with van der Waals surface area (Å²) < 4.78 is 11.7.